The minimum Gasteiger partial charge on any atom is -0.465 e. The number of carbonyl (C=O) groups excluding carboxylic acids is 1. The van der Waals surface area contributed by atoms with Gasteiger partial charge in [0.25, 0.3) is 0 Å². The van der Waals surface area contributed by atoms with Crippen LogP contribution < -0.4 is 0 Å². The highest BCUT2D eigenvalue weighted by Crippen LogP contribution is 2.18. The second-order valence-electron chi connectivity index (χ2n) is 3.08. The van der Waals surface area contributed by atoms with Crippen molar-refractivity contribution in [3.05, 3.63) is 48.1 Å². The average Bonchev–Trinajstić information content (AvgIpc) is 2.26. The molecule has 0 amide bonds. The van der Waals surface area contributed by atoms with Gasteiger partial charge >= 0.3 is 5.97 Å². The van der Waals surface area contributed by atoms with Crippen LogP contribution in [0.5, 0.6) is 0 Å². The van der Waals surface area contributed by atoms with Crippen LogP contribution in [0, 0.1) is 0 Å². The third-order valence-corrected chi connectivity index (χ3v) is 1.83. The van der Waals surface area contributed by atoms with E-state index < -0.39 is 5.97 Å². The normalized spacial score (nSPS) is 12.7. The minimum atomic E-state index is -0.418. The first-order valence-electron chi connectivity index (χ1n) is 4.78. The molecule has 0 heterocycles. The van der Waals surface area contributed by atoms with E-state index in [1.54, 1.807) is 25.4 Å². The van der Waals surface area contributed by atoms with Crippen molar-refractivity contribution in [3.8, 4) is 0 Å². The second kappa shape index (κ2) is 7.40. The third kappa shape index (κ3) is 4.09. The van der Waals surface area contributed by atoms with E-state index in [4.69, 9.17) is 4.74 Å². The van der Waals surface area contributed by atoms with Crippen LogP contribution in [0.4, 0.5) is 0 Å². The van der Waals surface area contributed by atoms with E-state index >= 15 is 0 Å². The van der Waals surface area contributed by atoms with Crippen LogP contribution in [0.1, 0.15) is 6.92 Å². The first kappa shape index (κ1) is 14.1. The van der Waals surface area contributed by atoms with E-state index in [9.17, 15) is 4.79 Å². The summed E-state index contributed by atoms with van der Waals surface area (Å²) in [6.45, 7) is 9.19. The van der Waals surface area contributed by atoms with Gasteiger partial charge in [0.2, 0.25) is 0 Å². The molecule has 0 saturated carbocycles. The van der Waals surface area contributed by atoms with E-state index in [-0.39, 0.29) is 0 Å². The maximum Gasteiger partial charge on any atom is 0.338 e. The molecule has 3 heteroatoms. The SMILES string of the molecule is C=C/C=C(C(=O)OC)\C(=C\C=NC)C(=C)C. The Labute approximate surface area is 96.5 Å². The monoisotopic (exact) mass is 219 g/mol. The van der Waals surface area contributed by atoms with Crippen molar-refractivity contribution in [3.63, 3.8) is 0 Å². The number of aliphatic imine (C=N–C) groups is 1. The molecule has 0 fully saturated rings. The maximum atomic E-state index is 11.5. The van der Waals surface area contributed by atoms with Crippen LogP contribution in [0.3, 0.4) is 0 Å². The van der Waals surface area contributed by atoms with Crippen LogP contribution in [-0.2, 0) is 9.53 Å². The van der Waals surface area contributed by atoms with Gasteiger partial charge in [0.1, 0.15) is 0 Å². The minimum absolute atomic E-state index is 0.418. The Bertz CT molecular complexity index is 373. The van der Waals surface area contributed by atoms with Crippen LogP contribution >= 0.6 is 0 Å². The predicted molar refractivity (Wildman–Crippen MR) is 67.6 cm³/mol. The van der Waals surface area contributed by atoms with Gasteiger partial charge < -0.3 is 4.74 Å². The topological polar surface area (TPSA) is 38.7 Å². The van der Waals surface area contributed by atoms with Gasteiger partial charge in [0.15, 0.2) is 0 Å². The zero-order chi connectivity index (χ0) is 12.6. The molecule has 0 aromatic rings. The summed E-state index contributed by atoms with van der Waals surface area (Å²) < 4.78 is 4.69. The summed E-state index contributed by atoms with van der Waals surface area (Å²) in [7, 11) is 2.99. The highest BCUT2D eigenvalue weighted by molar-refractivity contribution is 5.97. The highest BCUT2D eigenvalue weighted by atomic mass is 16.5. The van der Waals surface area contributed by atoms with E-state index in [2.05, 4.69) is 18.2 Å². The number of nitrogens with zero attached hydrogens (tertiary/aromatic N) is 1. The fourth-order valence-corrected chi connectivity index (χ4v) is 1.11. The van der Waals surface area contributed by atoms with Crippen molar-refractivity contribution in [2.24, 2.45) is 4.99 Å². The fraction of sp³-hybridized carbons (Fsp3) is 0.231. The molecule has 0 aliphatic heterocycles. The first-order valence-corrected chi connectivity index (χ1v) is 4.78. The fourth-order valence-electron chi connectivity index (χ4n) is 1.11. The Morgan fingerprint density at radius 3 is 2.31 bits per heavy atom. The molecule has 0 aromatic carbocycles. The van der Waals surface area contributed by atoms with Crippen molar-refractivity contribution in [1.29, 1.82) is 0 Å². The quantitative estimate of drug-likeness (QED) is 0.308. The molecular formula is C13H17NO2. The Balaban J connectivity index is 5.45. The van der Waals surface area contributed by atoms with Gasteiger partial charge in [-0.05, 0) is 24.6 Å². The van der Waals surface area contributed by atoms with E-state index in [0.29, 0.717) is 11.1 Å². The van der Waals surface area contributed by atoms with E-state index in [1.165, 1.54) is 13.2 Å². The molecule has 0 unspecified atom stereocenters. The Morgan fingerprint density at radius 2 is 1.94 bits per heavy atom. The molecule has 0 N–H and O–H groups in total. The third-order valence-electron chi connectivity index (χ3n) is 1.83. The smallest absolute Gasteiger partial charge is 0.338 e. The molecule has 86 valence electrons. The summed E-state index contributed by atoms with van der Waals surface area (Å²) >= 11 is 0. The van der Waals surface area contributed by atoms with Gasteiger partial charge in [-0.2, -0.15) is 0 Å². The summed E-state index contributed by atoms with van der Waals surface area (Å²) in [5.74, 6) is -0.418. The standard InChI is InChI=1S/C13H17NO2/c1-6-7-12(13(15)16-5)11(10(2)3)8-9-14-4/h6-9H,1-2H2,3-5H3/b11-8+,12-7+,14-9?. The van der Waals surface area contributed by atoms with E-state index in [0.717, 1.165) is 5.57 Å². The molecule has 0 aliphatic rings. The van der Waals surface area contributed by atoms with E-state index in [1.807, 2.05) is 6.92 Å². The molecule has 0 spiro atoms. The lowest BCUT2D eigenvalue weighted by molar-refractivity contribution is -0.135. The van der Waals surface area contributed by atoms with Crippen LogP contribution in [0.25, 0.3) is 0 Å². The zero-order valence-corrected chi connectivity index (χ0v) is 9.99. The lowest BCUT2D eigenvalue weighted by Crippen LogP contribution is -2.08. The van der Waals surface area contributed by atoms with Crippen LogP contribution in [0.2, 0.25) is 0 Å². The number of methoxy groups -OCH3 is 1. The van der Waals surface area contributed by atoms with Crippen molar-refractivity contribution in [2.75, 3.05) is 14.2 Å². The average molecular weight is 219 g/mol. The van der Waals surface area contributed by atoms with Crippen molar-refractivity contribution in [1.82, 2.24) is 0 Å². The molecule has 0 bridgehead atoms. The molecule has 0 aliphatic carbocycles. The van der Waals surface area contributed by atoms with Gasteiger partial charge in [0.05, 0.1) is 12.7 Å². The molecule has 0 saturated heterocycles. The van der Waals surface area contributed by atoms with Gasteiger partial charge in [-0.1, -0.05) is 24.8 Å². The Kier molecular flexibility index (Phi) is 6.52. The molecule has 3 nitrogen and oxygen atoms in total. The maximum absolute atomic E-state index is 11.5. The van der Waals surface area contributed by atoms with Crippen molar-refractivity contribution < 1.29 is 9.53 Å². The lowest BCUT2D eigenvalue weighted by atomic mass is 9.99. The lowest BCUT2D eigenvalue weighted by Gasteiger charge is -2.08. The van der Waals surface area contributed by atoms with Gasteiger partial charge in [-0.3, -0.25) is 4.99 Å². The number of ether oxygens (including phenoxy) is 1. The van der Waals surface area contributed by atoms with Crippen molar-refractivity contribution in [2.45, 2.75) is 6.92 Å². The summed E-state index contributed by atoms with van der Waals surface area (Å²) in [6.07, 6.45) is 6.44. The molecular weight excluding hydrogens is 202 g/mol. The van der Waals surface area contributed by atoms with Gasteiger partial charge in [-0.25, -0.2) is 4.79 Å². The summed E-state index contributed by atoms with van der Waals surface area (Å²) in [5.41, 5.74) is 1.88. The van der Waals surface area contributed by atoms with Crippen LogP contribution in [-0.4, -0.2) is 26.3 Å². The van der Waals surface area contributed by atoms with Crippen molar-refractivity contribution >= 4 is 12.2 Å². The molecule has 0 rings (SSSR count). The first-order chi connectivity index (χ1) is 7.58. The molecule has 0 radical (unpaired) electrons. The van der Waals surface area contributed by atoms with Gasteiger partial charge in [0, 0.05) is 13.3 Å². The number of esters is 1. The Morgan fingerprint density at radius 1 is 1.31 bits per heavy atom. The highest BCUT2D eigenvalue weighted by Gasteiger charge is 2.14. The number of carbonyl (C=O) groups is 1. The summed E-state index contributed by atoms with van der Waals surface area (Å²) in [5, 5.41) is 0. The van der Waals surface area contributed by atoms with Crippen LogP contribution in [0.15, 0.2) is 53.1 Å². The largest absolute Gasteiger partial charge is 0.465 e. The zero-order valence-electron chi connectivity index (χ0n) is 9.99. The molecule has 16 heavy (non-hydrogen) atoms. The number of allylic oxidation sites excluding steroid dienone is 4. The second-order valence-corrected chi connectivity index (χ2v) is 3.08. The summed E-state index contributed by atoms with van der Waals surface area (Å²) in [4.78, 5) is 15.4. The molecule has 0 atom stereocenters. The predicted octanol–water partition coefficient (Wildman–Crippen LogP) is 2.47. The van der Waals surface area contributed by atoms with Gasteiger partial charge in [-0.15, -0.1) is 0 Å². The Hall–Kier alpha value is -1.90. The number of hydrogen-bond acceptors (Lipinski definition) is 3. The number of hydrogen-bond donors (Lipinski definition) is 0. The summed E-state index contributed by atoms with van der Waals surface area (Å²) in [6, 6.07) is 0. The number of rotatable bonds is 5. The molecule has 0 aromatic heterocycles.